The lowest BCUT2D eigenvalue weighted by atomic mass is 10.1. The van der Waals surface area contributed by atoms with E-state index < -0.39 is 0 Å². The summed E-state index contributed by atoms with van der Waals surface area (Å²) in [5, 5.41) is 12.1. The molecule has 1 aromatic carbocycles. The minimum absolute atomic E-state index is 0.0430. The van der Waals surface area contributed by atoms with Crippen LogP contribution in [0.5, 0.6) is 5.75 Å². The monoisotopic (exact) mass is 237 g/mol. The fraction of sp³-hybridized carbons (Fsp3) is 0.462. The Hall–Kier alpha value is -1.55. The third kappa shape index (κ3) is 5.36. The average Bonchev–Trinajstić information content (AvgIpc) is 2.27. The summed E-state index contributed by atoms with van der Waals surface area (Å²) in [4.78, 5) is 11.6. The number of hydrogen-bond acceptors (Lipinski definition) is 3. The predicted octanol–water partition coefficient (Wildman–Crippen LogP) is 1.33. The minimum Gasteiger partial charge on any atom is -0.508 e. The van der Waals surface area contributed by atoms with Crippen LogP contribution in [-0.2, 0) is 16.0 Å². The number of rotatable bonds is 6. The Balaban J connectivity index is 2.34. The summed E-state index contributed by atoms with van der Waals surface area (Å²) in [5.74, 6) is 0.440. The number of carbonyl (C=O) groups is 1. The highest BCUT2D eigenvalue weighted by molar-refractivity contribution is 5.78. The highest BCUT2D eigenvalue weighted by Gasteiger charge is 2.06. The molecule has 1 aromatic rings. The van der Waals surface area contributed by atoms with Crippen molar-refractivity contribution in [1.29, 1.82) is 0 Å². The van der Waals surface area contributed by atoms with E-state index in [1.54, 1.807) is 25.3 Å². The third-order valence-corrected chi connectivity index (χ3v) is 2.37. The second kappa shape index (κ2) is 6.91. The second-order valence-corrected chi connectivity index (χ2v) is 4.21. The Bertz CT molecular complexity index is 365. The smallest absolute Gasteiger partial charge is 0.224 e. The number of phenols is 1. The summed E-state index contributed by atoms with van der Waals surface area (Å²) >= 11 is 0. The van der Waals surface area contributed by atoms with Crippen LogP contribution >= 0.6 is 0 Å². The molecule has 4 heteroatoms. The summed E-state index contributed by atoms with van der Waals surface area (Å²) in [7, 11) is 1.64. The fourth-order valence-electron chi connectivity index (χ4n) is 1.55. The average molecular weight is 237 g/mol. The van der Waals surface area contributed by atoms with Crippen LogP contribution in [0.4, 0.5) is 0 Å². The third-order valence-electron chi connectivity index (χ3n) is 2.37. The molecule has 94 valence electrons. The van der Waals surface area contributed by atoms with Gasteiger partial charge < -0.3 is 15.2 Å². The summed E-state index contributed by atoms with van der Waals surface area (Å²) < 4.78 is 4.99. The maximum Gasteiger partial charge on any atom is 0.224 e. The minimum atomic E-state index is -0.0430. The molecule has 0 aliphatic heterocycles. The Morgan fingerprint density at radius 2 is 2.29 bits per heavy atom. The van der Waals surface area contributed by atoms with Gasteiger partial charge in [-0.15, -0.1) is 0 Å². The van der Waals surface area contributed by atoms with Crippen molar-refractivity contribution in [2.24, 2.45) is 5.92 Å². The van der Waals surface area contributed by atoms with Crippen molar-refractivity contribution in [3.63, 3.8) is 0 Å². The molecular formula is C13H19NO3. The zero-order valence-corrected chi connectivity index (χ0v) is 10.3. The van der Waals surface area contributed by atoms with Crippen molar-refractivity contribution in [3.05, 3.63) is 29.8 Å². The molecule has 0 radical (unpaired) electrons. The van der Waals surface area contributed by atoms with E-state index in [-0.39, 0.29) is 18.1 Å². The van der Waals surface area contributed by atoms with Gasteiger partial charge in [-0.05, 0) is 23.6 Å². The molecule has 1 amide bonds. The van der Waals surface area contributed by atoms with Crippen LogP contribution in [-0.4, -0.2) is 31.3 Å². The largest absolute Gasteiger partial charge is 0.508 e. The molecule has 0 aromatic heterocycles. The molecule has 1 unspecified atom stereocenters. The van der Waals surface area contributed by atoms with E-state index >= 15 is 0 Å². The summed E-state index contributed by atoms with van der Waals surface area (Å²) in [6, 6.07) is 6.73. The SMILES string of the molecule is COCC(C)CNC(=O)Cc1cccc(O)c1. The molecule has 2 N–H and O–H groups in total. The zero-order valence-electron chi connectivity index (χ0n) is 10.3. The molecule has 1 rings (SSSR count). The van der Waals surface area contributed by atoms with Gasteiger partial charge in [0.25, 0.3) is 0 Å². The maximum absolute atomic E-state index is 11.6. The molecular weight excluding hydrogens is 218 g/mol. The molecule has 0 saturated carbocycles. The van der Waals surface area contributed by atoms with Gasteiger partial charge >= 0.3 is 0 Å². The first-order valence-electron chi connectivity index (χ1n) is 5.65. The van der Waals surface area contributed by atoms with Gasteiger partial charge in [-0.25, -0.2) is 0 Å². The van der Waals surface area contributed by atoms with E-state index in [1.807, 2.05) is 13.0 Å². The number of methoxy groups -OCH3 is 1. The number of nitrogens with one attached hydrogen (secondary N) is 1. The van der Waals surface area contributed by atoms with E-state index in [4.69, 9.17) is 4.74 Å². The lowest BCUT2D eigenvalue weighted by Crippen LogP contribution is -2.31. The first-order chi connectivity index (χ1) is 8.11. The second-order valence-electron chi connectivity index (χ2n) is 4.21. The van der Waals surface area contributed by atoms with Gasteiger partial charge in [-0.2, -0.15) is 0 Å². The molecule has 0 aliphatic rings. The fourth-order valence-corrected chi connectivity index (χ4v) is 1.55. The van der Waals surface area contributed by atoms with E-state index in [0.717, 1.165) is 5.56 Å². The number of aromatic hydroxyl groups is 1. The van der Waals surface area contributed by atoms with Crippen molar-refractivity contribution in [1.82, 2.24) is 5.32 Å². The van der Waals surface area contributed by atoms with Crippen molar-refractivity contribution < 1.29 is 14.6 Å². The van der Waals surface area contributed by atoms with Gasteiger partial charge in [0, 0.05) is 13.7 Å². The maximum atomic E-state index is 11.6. The predicted molar refractivity (Wildman–Crippen MR) is 65.9 cm³/mol. The van der Waals surface area contributed by atoms with Crippen molar-refractivity contribution in [2.45, 2.75) is 13.3 Å². The highest BCUT2D eigenvalue weighted by atomic mass is 16.5. The molecule has 4 nitrogen and oxygen atoms in total. The van der Waals surface area contributed by atoms with Gasteiger partial charge in [0.05, 0.1) is 13.0 Å². The van der Waals surface area contributed by atoms with E-state index in [9.17, 15) is 9.90 Å². The number of phenolic OH excluding ortho intramolecular Hbond substituents is 1. The normalized spacial score (nSPS) is 12.1. The van der Waals surface area contributed by atoms with E-state index in [0.29, 0.717) is 19.1 Å². The number of amides is 1. The van der Waals surface area contributed by atoms with Crippen molar-refractivity contribution in [2.75, 3.05) is 20.3 Å². The molecule has 17 heavy (non-hydrogen) atoms. The van der Waals surface area contributed by atoms with Gasteiger partial charge in [0.1, 0.15) is 5.75 Å². The quantitative estimate of drug-likeness (QED) is 0.784. The molecule has 0 fully saturated rings. The standard InChI is InChI=1S/C13H19NO3/c1-10(9-17-2)8-14-13(16)7-11-4-3-5-12(15)6-11/h3-6,10,15H,7-9H2,1-2H3,(H,14,16). The van der Waals surface area contributed by atoms with Crippen molar-refractivity contribution in [3.8, 4) is 5.75 Å². The molecule has 0 bridgehead atoms. The zero-order chi connectivity index (χ0) is 12.7. The Kier molecular flexibility index (Phi) is 5.49. The molecule has 1 atom stereocenters. The highest BCUT2D eigenvalue weighted by Crippen LogP contribution is 2.11. The van der Waals surface area contributed by atoms with Crippen LogP contribution in [0.1, 0.15) is 12.5 Å². The Morgan fingerprint density at radius 1 is 1.53 bits per heavy atom. The van der Waals surface area contributed by atoms with Gasteiger partial charge in [-0.3, -0.25) is 4.79 Å². The van der Waals surface area contributed by atoms with Gasteiger partial charge in [0.15, 0.2) is 0 Å². The van der Waals surface area contributed by atoms with Crippen LogP contribution in [0, 0.1) is 5.92 Å². The molecule has 0 saturated heterocycles. The first-order valence-corrected chi connectivity index (χ1v) is 5.65. The van der Waals surface area contributed by atoms with Gasteiger partial charge in [0.2, 0.25) is 5.91 Å². The Morgan fingerprint density at radius 3 is 2.94 bits per heavy atom. The van der Waals surface area contributed by atoms with Gasteiger partial charge in [-0.1, -0.05) is 19.1 Å². The summed E-state index contributed by atoms with van der Waals surface area (Å²) in [6.07, 6.45) is 0.286. The van der Waals surface area contributed by atoms with Crippen LogP contribution < -0.4 is 5.32 Å². The molecule has 0 heterocycles. The lowest BCUT2D eigenvalue weighted by molar-refractivity contribution is -0.120. The van der Waals surface area contributed by atoms with Crippen LogP contribution in [0.2, 0.25) is 0 Å². The van der Waals surface area contributed by atoms with E-state index in [1.165, 1.54) is 0 Å². The number of ether oxygens (including phenoxy) is 1. The van der Waals surface area contributed by atoms with Crippen LogP contribution in [0.15, 0.2) is 24.3 Å². The topological polar surface area (TPSA) is 58.6 Å². The van der Waals surface area contributed by atoms with Crippen LogP contribution in [0.3, 0.4) is 0 Å². The van der Waals surface area contributed by atoms with Crippen molar-refractivity contribution >= 4 is 5.91 Å². The first kappa shape index (κ1) is 13.5. The molecule has 0 spiro atoms. The summed E-state index contributed by atoms with van der Waals surface area (Å²) in [5.41, 5.74) is 0.807. The number of benzene rings is 1. The Labute approximate surface area is 102 Å². The summed E-state index contributed by atoms with van der Waals surface area (Å²) in [6.45, 7) is 3.25. The molecule has 0 aliphatic carbocycles. The number of carbonyl (C=O) groups excluding carboxylic acids is 1. The van der Waals surface area contributed by atoms with Crippen LogP contribution in [0.25, 0.3) is 0 Å². The van der Waals surface area contributed by atoms with E-state index in [2.05, 4.69) is 5.32 Å². The lowest BCUT2D eigenvalue weighted by Gasteiger charge is -2.11. The number of hydrogen-bond donors (Lipinski definition) is 2.